The Bertz CT molecular complexity index is 692. The topological polar surface area (TPSA) is 92.1 Å². The summed E-state index contributed by atoms with van der Waals surface area (Å²) in [5.41, 5.74) is 8.84. The van der Waals surface area contributed by atoms with Crippen LogP contribution in [0.1, 0.15) is 20.7 Å². The highest BCUT2D eigenvalue weighted by Crippen LogP contribution is 2.20. The molecule has 0 bridgehead atoms. The first kappa shape index (κ1) is 13.3. The number of ether oxygens (including phenoxy) is 1. The summed E-state index contributed by atoms with van der Waals surface area (Å²) in [5.74, 6) is -1.62. The molecule has 98 valence electrons. The van der Waals surface area contributed by atoms with Gasteiger partial charge < -0.3 is 4.74 Å². The van der Waals surface area contributed by atoms with Crippen LogP contribution in [-0.2, 0) is 4.74 Å². The molecule has 0 N–H and O–H groups in total. The van der Waals surface area contributed by atoms with Gasteiger partial charge in [0.15, 0.2) is 0 Å². The molecule has 0 saturated heterocycles. The lowest BCUT2D eigenvalue weighted by Gasteiger charge is -2.05. The fourth-order valence-electron chi connectivity index (χ4n) is 1.55. The van der Waals surface area contributed by atoms with Gasteiger partial charge in [0.25, 0.3) is 0 Å². The first-order chi connectivity index (χ1) is 9.72. The number of nitrogens with zero attached hydrogens (tertiary/aromatic N) is 3. The van der Waals surface area contributed by atoms with Crippen LogP contribution in [0.2, 0.25) is 0 Å². The van der Waals surface area contributed by atoms with Crippen LogP contribution in [0, 0.1) is 0 Å². The molecule has 0 aliphatic rings. The van der Waals surface area contributed by atoms with Gasteiger partial charge in [0.1, 0.15) is 0 Å². The Kier molecular flexibility index (Phi) is 4.11. The van der Waals surface area contributed by atoms with E-state index in [1.807, 2.05) is 0 Å². The summed E-state index contributed by atoms with van der Waals surface area (Å²) < 4.78 is 4.75. The smallest absolute Gasteiger partial charge is 0.346 e. The zero-order valence-corrected chi connectivity index (χ0v) is 10.3. The molecule has 0 saturated carbocycles. The molecule has 0 atom stereocenters. The van der Waals surface area contributed by atoms with E-state index < -0.39 is 11.9 Å². The van der Waals surface area contributed by atoms with Gasteiger partial charge in [0.05, 0.1) is 16.8 Å². The SMILES string of the molecule is [N-]=[N+]=Nc1ccccc1C(=O)OC(=O)c1ccccc1. The number of esters is 2. The maximum atomic E-state index is 11.9. The molecule has 0 unspecified atom stereocenters. The van der Waals surface area contributed by atoms with Gasteiger partial charge in [-0.2, -0.15) is 0 Å². The van der Waals surface area contributed by atoms with Gasteiger partial charge in [-0.25, -0.2) is 9.59 Å². The number of carbonyl (C=O) groups excluding carboxylic acids is 2. The standard InChI is InChI=1S/C14H9N3O3/c15-17-16-12-9-5-4-8-11(12)14(19)20-13(18)10-6-2-1-3-7-10/h1-9H. The highest BCUT2D eigenvalue weighted by atomic mass is 16.6. The van der Waals surface area contributed by atoms with Gasteiger partial charge in [0, 0.05) is 4.91 Å². The molecule has 2 rings (SSSR count). The number of azide groups is 1. The molecule has 6 heteroatoms. The Balaban J connectivity index is 2.21. The Morgan fingerprint density at radius 1 is 0.950 bits per heavy atom. The number of hydrogen-bond acceptors (Lipinski definition) is 4. The van der Waals surface area contributed by atoms with Crippen LogP contribution in [-0.4, -0.2) is 11.9 Å². The molecule has 0 aromatic heterocycles. The maximum absolute atomic E-state index is 11.9. The van der Waals surface area contributed by atoms with Crippen LogP contribution in [0.25, 0.3) is 10.4 Å². The van der Waals surface area contributed by atoms with Gasteiger partial charge in [-0.05, 0) is 23.7 Å². The highest BCUT2D eigenvalue weighted by molar-refractivity contribution is 6.04. The highest BCUT2D eigenvalue weighted by Gasteiger charge is 2.16. The molecular weight excluding hydrogens is 258 g/mol. The van der Waals surface area contributed by atoms with Crippen molar-refractivity contribution in [2.45, 2.75) is 0 Å². The van der Waals surface area contributed by atoms with E-state index in [-0.39, 0.29) is 16.8 Å². The first-order valence-corrected chi connectivity index (χ1v) is 5.68. The van der Waals surface area contributed by atoms with E-state index in [4.69, 9.17) is 10.3 Å². The average Bonchev–Trinajstić information content (AvgIpc) is 2.49. The zero-order chi connectivity index (χ0) is 14.4. The van der Waals surface area contributed by atoms with Crippen molar-refractivity contribution in [3.63, 3.8) is 0 Å². The Hall–Kier alpha value is -3.11. The van der Waals surface area contributed by atoms with Crippen molar-refractivity contribution in [1.82, 2.24) is 0 Å². The van der Waals surface area contributed by atoms with Gasteiger partial charge in [-0.15, -0.1) is 0 Å². The quantitative estimate of drug-likeness (QED) is 0.279. The Labute approximate surface area is 114 Å². The molecule has 0 aliphatic carbocycles. The van der Waals surface area contributed by atoms with Gasteiger partial charge in [-0.3, -0.25) is 0 Å². The predicted molar refractivity (Wildman–Crippen MR) is 71.4 cm³/mol. The average molecular weight is 267 g/mol. The maximum Gasteiger partial charge on any atom is 0.346 e. The third-order valence-electron chi connectivity index (χ3n) is 2.47. The van der Waals surface area contributed by atoms with Crippen molar-refractivity contribution >= 4 is 17.6 Å². The molecule has 0 spiro atoms. The van der Waals surface area contributed by atoms with Crippen molar-refractivity contribution in [2.24, 2.45) is 5.11 Å². The number of rotatable bonds is 3. The molecule has 2 aromatic carbocycles. The second-order valence-corrected chi connectivity index (χ2v) is 3.75. The minimum atomic E-state index is -0.859. The lowest BCUT2D eigenvalue weighted by atomic mass is 10.2. The minimum Gasteiger partial charge on any atom is -0.386 e. The monoisotopic (exact) mass is 267 g/mol. The van der Waals surface area contributed by atoms with E-state index in [1.165, 1.54) is 24.3 Å². The van der Waals surface area contributed by atoms with Crippen molar-refractivity contribution in [3.8, 4) is 0 Å². The summed E-state index contributed by atoms with van der Waals surface area (Å²) in [6.45, 7) is 0. The molecule has 0 heterocycles. The molecule has 0 radical (unpaired) electrons. The van der Waals surface area contributed by atoms with Crippen molar-refractivity contribution < 1.29 is 14.3 Å². The first-order valence-electron chi connectivity index (χ1n) is 5.68. The van der Waals surface area contributed by atoms with E-state index in [9.17, 15) is 9.59 Å². The van der Waals surface area contributed by atoms with Crippen molar-refractivity contribution in [3.05, 3.63) is 76.2 Å². The second-order valence-electron chi connectivity index (χ2n) is 3.75. The number of hydrogen-bond donors (Lipinski definition) is 0. The lowest BCUT2D eigenvalue weighted by molar-refractivity contribution is 0.0398. The van der Waals surface area contributed by atoms with Crippen LogP contribution in [0.3, 0.4) is 0 Å². The van der Waals surface area contributed by atoms with Crippen LogP contribution >= 0.6 is 0 Å². The number of benzene rings is 2. The summed E-state index contributed by atoms with van der Waals surface area (Å²) in [6.07, 6.45) is 0. The van der Waals surface area contributed by atoms with Crippen LogP contribution in [0.4, 0.5) is 5.69 Å². The van der Waals surface area contributed by atoms with Crippen LogP contribution in [0.15, 0.2) is 59.7 Å². The Morgan fingerprint density at radius 3 is 2.30 bits per heavy atom. The van der Waals surface area contributed by atoms with E-state index in [0.717, 1.165) is 0 Å². The third-order valence-corrected chi connectivity index (χ3v) is 2.47. The summed E-state index contributed by atoms with van der Waals surface area (Å²) >= 11 is 0. The molecule has 20 heavy (non-hydrogen) atoms. The predicted octanol–water partition coefficient (Wildman–Crippen LogP) is 3.63. The third kappa shape index (κ3) is 3.01. The van der Waals surface area contributed by atoms with Gasteiger partial charge in [-0.1, -0.05) is 41.5 Å². The summed E-state index contributed by atoms with van der Waals surface area (Å²) in [7, 11) is 0. The van der Waals surface area contributed by atoms with Gasteiger partial charge >= 0.3 is 11.9 Å². The molecule has 0 amide bonds. The normalized spacial score (nSPS) is 9.40. The molecular formula is C14H9N3O3. The van der Waals surface area contributed by atoms with E-state index in [0.29, 0.717) is 0 Å². The molecule has 6 nitrogen and oxygen atoms in total. The lowest BCUT2D eigenvalue weighted by Crippen LogP contribution is -2.12. The number of carbonyl (C=O) groups is 2. The summed E-state index contributed by atoms with van der Waals surface area (Å²) in [4.78, 5) is 26.3. The van der Waals surface area contributed by atoms with Crippen LogP contribution < -0.4 is 0 Å². The summed E-state index contributed by atoms with van der Waals surface area (Å²) in [5, 5.41) is 3.38. The van der Waals surface area contributed by atoms with E-state index in [1.54, 1.807) is 30.3 Å². The largest absolute Gasteiger partial charge is 0.386 e. The van der Waals surface area contributed by atoms with Gasteiger partial charge in [0.2, 0.25) is 0 Å². The fraction of sp³-hybridized carbons (Fsp3) is 0. The second kappa shape index (κ2) is 6.17. The zero-order valence-electron chi connectivity index (χ0n) is 10.3. The summed E-state index contributed by atoms with van der Waals surface area (Å²) in [6, 6.07) is 14.2. The molecule has 0 fully saturated rings. The minimum absolute atomic E-state index is 0.0366. The van der Waals surface area contributed by atoms with E-state index >= 15 is 0 Å². The molecule has 2 aromatic rings. The van der Waals surface area contributed by atoms with Crippen molar-refractivity contribution in [1.29, 1.82) is 0 Å². The Morgan fingerprint density at radius 2 is 1.60 bits per heavy atom. The molecule has 0 aliphatic heterocycles. The fourth-order valence-corrected chi connectivity index (χ4v) is 1.55. The van der Waals surface area contributed by atoms with Crippen molar-refractivity contribution in [2.75, 3.05) is 0 Å². The van der Waals surface area contributed by atoms with E-state index in [2.05, 4.69) is 10.0 Å². The van der Waals surface area contributed by atoms with Crippen LogP contribution in [0.5, 0.6) is 0 Å².